The van der Waals surface area contributed by atoms with Crippen molar-refractivity contribution in [2.75, 3.05) is 19.8 Å². The molecule has 4 heteroatoms. The van der Waals surface area contributed by atoms with Crippen LogP contribution in [-0.4, -0.2) is 30.7 Å². The summed E-state index contributed by atoms with van der Waals surface area (Å²) in [4.78, 5) is 12.5. The lowest BCUT2D eigenvalue weighted by atomic mass is 9.86. The molecule has 0 amide bonds. The van der Waals surface area contributed by atoms with E-state index in [1.807, 2.05) is 0 Å². The van der Waals surface area contributed by atoms with E-state index in [0.717, 1.165) is 45.4 Å². The maximum atomic E-state index is 6.14. The van der Waals surface area contributed by atoms with E-state index in [9.17, 15) is 0 Å². The van der Waals surface area contributed by atoms with E-state index in [1.54, 1.807) is 0 Å². The second-order valence-corrected chi connectivity index (χ2v) is 6.41. The van der Waals surface area contributed by atoms with Crippen LogP contribution in [0.3, 0.4) is 0 Å². The number of nitrogens with one attached hydrogen (secondary N) is 1. The summed E-state index contributed by atoms with van der Waals surface area (Å²) in [6.45, 7) is 11.2. The molecule has 1 aliphatic rings. The van der Waals surface area contributed by atoms with Crippen molar-refractivity contribution >= 4 is 0 Å². The highest BCUT2D eigenvalue weighted by molar-refractivity contribution is 4.75. The van der Waals surface area contributed by atoms with E-state index >= 15 is 0 Å². The van der Waals surface area contributed by atoms with E-state index in [4.69, 9.17) is 9.68 Å². The van der Waals surface area contributed by atoms with Gasteiger partial charge in [0.25, 0.3) is 0 Å². The second kappa shape index (κ2) is 10.5. The van der Waals surface area contributed by atoms with Gasteiger partial charge >= 0.3 is 0 Å². The molecule has 1 N–H and O–H groups in total. The summed E-state index contributed by atoms with van der Waals surface area (Å²) in [6, 6.07) is 0.504. The van der Waals surface area contributed by atoms with Gasteiger partial charge in [0.1, 0.15) is 13.2 Å². The highest BCUT2D eigenvalue weighted by Crippen LogP contribution is 2.26. The van der Waals surface area contributed by atoms with Crippen LogP contribution in [0.25, 0.3) is 0 Å². The number of hydrogen-bond acceptors (Lipinski definition) is 3. The predicted octanol–water partition coefficient (Wildman–Crippen LogP) is 4.37. The average Bonchev–Trinajstić information content (AvgIpc) is 2.51. The van der Waals surface area contributed by atoms with Crippen molar-refractivity contribution in [3.05, 3.63) is 0 Å². The quantitative estimate of drug-likeness (QED) is 0.454. The van der Waals surface area contributed by atoms with Crippen molar-refractivity contribution in [3.63, 3.8) is 0 Å². The van der Waals surface area contributed by atoms with Gasteiger partial charge in [-0.2, -0.15) is 0 Å². The van der Waals surface area contributed by atoms with Crippen LogP contribution >= 0.6 is 0 Å². The van der Waals surface area contributed by atoms with Gasteiger partial charge in [-0.05, 0) is 31.6 Å². The van der Waals surface area contributed by atoms with Gasteiger partial charge in [0.15, 0.2) is 6.54 Å². The number of unbranched alkanes of at least 4 members (excludes halogenated alkanes) is 1. The zero-order valence-corrected chi connectivity index (χ0v) is 14.7. The number of hydrogen-bond donors (Lipinski definition) is 1. The number of nitrogens with zero attached hydrogens (tertiary/aromatic N) is 1. The van der Waals surface area contributed by atoms with Crippen LogP contribution < -0.4 is 5.43 Å². The minimum Gasteiger partial charge on any atom is -0.146 e. The van der Waals surface area contributed by atoms with Crippen molar-refractivity contribution in [2.45, 2.75) is 85.1 Å². The molecule has 2 atom stereocenters. The molecule has 0 aromatic carbocycles. The fraction of sp³-hybridized carbons (Fsp3) is 1.00. The van der Waals surface area contributed by atoms with Crippen LogP contribution in [0.1, 0.15) is 79.1 Å². The molecule has 0 radical (unpaired) electrons. The van der Waals surface area contributed by atoms with Gasteiger partial charge in [0.2, 0.25) is 0 Å². The molecule has 126 valence electrons. The maximum absolute atomic E-state index is 6.14. The Labute approximate surface area is 131 Å². The fourth-order valence-electron chi connectivity index (χ4n) is 2.91. The number of rotatable bonds is 11. The van der Waals surface area contributed by atoms with E-state index < -0.39 is 0 Å². The van der Waals surface area contributed by atoms with Crippen molar-refractivity contribution in [1.82, 2.24) is 5.43 Å². The molecule has 1 saturated carbocycles. The van der Waals surface area contributed by atoms with Gasteiger partial charge in [0, 0.05) is 11.3 Å². The Bertz CT molecular complexity index is 239. The Balaban J connectivity index is 2.73. The van der Waals surface area contributed by atoms with E-state index in [1.165, 1.54) is 25.7 Å². The molecular formula is C17H37N2O2+. The van der Waals surface area contributed by atoms with Crippen molar-refractivity contribution in [1.29, 1.82) is 0 Å². The molecule has 0 aliphatic heterocycles. The molecule has 0 heterocycles. The summed E-state index contributed by atoms with van der Waals surface area (Å²) < 4.78 is 0. The van der Waals surface area contributed by atoms with E-state index in [-0.39, 0.29) is 4.92 Å². The molecule has 4 nitrogen and oxygen atoms in total. The van der Waals surface area contributed by atoms with Gasteiger partial charge in [0.05, 0.1) is 6.04 Å². The molecule has 1 rings (SSSR count). The largest absolute Gasteiger partial charge is 0.163 e. The van der Waals surface area contributed by atoms with Crippen LogP contribution in [0.5, 0.6) is 0 Å². The smallest absolute Gasteiger partial charge is 0.146 e. The first-order chi connectivity index (χ1) is 10.2. The fourth-order valence-corrected chi connectivity index (χ4v) is 2.91. The topological polar surface area (TPSA) is 30.5 Å². The van der Waals surface area contributed by atoms with Gasteiger partial charge in [-0.15, -0.1) is 9.68 Å². The monoisotopic (exact) mass is 301 g/mol. The molecule has 0 spiro atoms. The molecule has 1 aliphatic carbocycles. The molecule has 0 saturated heterocycles. The van der Waals surface area contributed by atoms with Gasteiger partial charge in [-0.25, -0.2) is 0 Å². The first-order valence-electron chi connectivity index (χ1n) is 9.12. The standard InChI is InChI=1S/C17H37N2O2/c1-5-8-13-19(20-14-6-2,21-15-7-3)18-17-12-10-9-11-16(17)4/h16-18H,5-15H2,1-4H3/q+1. The summed E-state index contributed by atoms with van der Waals surface area (Å²) in [5.74, 6) is 0.702. The van der Waals surface area contributed by atoms with Crippen LogP contribution in [0.15, 0.2) is 0 Å². The third kappa shape index (κ3) is 6.64. The Morgan fingerprint density at radius 3 is 2.10 bits per heavy atom. The predicted molar refractivity (Wildman–Crippen MR) is 87.1 cm³/mol. The average molecular weight is 301 g/mol. The highest BCUT2D eigenvalue weighted by Gasteiger charge is 2.37. The normalized spacial score (nSPS) is 23.4. The van der Waals surface area contributed by atoms with Crippen LogP contribution in [-0.2, 0) is 9.68 Å². The summed E-state index contributed by atoms with van der Waals surface area (Å²) in [5, 5.41) is 0. The third-order valence-electron chi connectivity index (χ3n) is 4.29. The summed E-state index contributed by atoms with van der Waals surface area (Å²) in [5.41, 5.74) is 3.72. The van der Waals surface area contributed by atoms with Crippen molar-refractivity contribution in [2.24, 2.45) is 5.92 Å². The summed E-state index contributed by atoms with van der Waals surface area (Å²) in [6.07, 6.45) is 9.53. The van der Waals surface area contributed by atoms with Crippen LogP contribution in [0.4, 0.5) is 0 Å². The lowest BCUT2D eigenvalue weighted by molar-refractivity contribution is -1.28. The lowest BCUT2D eigenvalue weighted by Crippen LogP contribution is -2.63. The molecule has 0 aromatic heterocycles. The van der Waals surface area contributed by atoms with Gasteiger partial charge < -0.3 is 0 Å². The first-order valence-corrected chi connectivity index (χ1v) is 9.12. The Morgan fingerprint density at radius 2 is 1.57 bits per heavy atom. The second-order valence-electron chi connectivity index (χ2n) is 6.41. The molecule has 0 bridgehead atoms. The Morgan fingerprint density at radius 1 is 0.952 bits per heavy atom. The van der Waals surface area contributed by atoms with Crippen molar-refractivity contribution in [3.8, 4) is 0 Å². The molecule has 1 fully saturated rings. The zero-order valence-electron chi connectivity index (χ0n) is 14.7. The Kier molecular flexibility index (Phi) is 9.49. The van der Waals surface area contributed by atoms with Crippen LogP contribution in [0, 0.1) is 5.92 Å². The molecule has 0 aromatic rings. The number of quaternary nitrogens is 1. The number of hydroxylamine groups is 2. The maximum Gasteiger partial charge on any atom is 0.163 e. The molecule has 2 unspecified atom stereocenters. The summed E-state index contributed by atoms with van der Waals surface area (Å²) in [7, 11) is 0. The summed E-state index contributed by atoms with van der Waals surface area (Å²) >= 11 is 0. The third-order valence-corrected chi connectivity index (χ3v) is 4.29. The first kappa shape index (κ1) is 18.9. The van der Waals surface area contributed by atoms with E-state index in [2.05, 4.69) is 33.1 Å². The Hall–Kier alpha value is -0.160. The molecular weight excluding hydrogens is 264 g/mol. The highest BCUT2D eigenvalue weighted by atomic mass is 17.0. The minimum atomic E-state index is 0.199. The lowest BCUT2D eigenvalue weighted by Gasteiger charge is -2.38. The van der Waals surface area contributed by atoms with Crippen molar-refractivity contribution < 1.29 is 14.6 Å². The molecule has 21 heavy (non-hydrogen) atoms. The van der Waals surface area contributed by atoms with Crippen LogP contribution in [0.2, 0.25) is 0 Å². The zero-order chi connectivity index (χ0) is 15.6. The van der Waals surface area contributed by atoms with E-state index in [0.29, 0.717) is 12.0 Å². The minimum absolute atomic E-state index is 0.199. The SMILES string of the molecule is CCCC[N+](NC1CCCCC1C)(OCCC)OCCC. The van der Waals surface area contributed by atoms with Gasteiger partial charge in [-0.3, -0.25) is 0 Å². The van der Waals surface area contributed by atoms with Gasteiger partial charge in [-0.1, -0.05) is 52.4 Å².